The number of hydrogen-bond acceptors (Lipinski definition) is 5. The Hall–Kier alpha value is -2.04. The van der Waals surface area contributed by atoms with Crippen molar-refractivity contribution in [3.05, 3.63) is 27.2 Å². The van der Waals surface area contributed by atoms with Crippen molar-refractivity contribution in [2.75, 3.05) is 20.3 Å². The van der Waals surface area contributed by atoms with Crippen LogP contribution in [-0.4, -0.2) is 64.1 Å². The van der Waals surface area contributed by atoms with Gasteiger partial charge in [-0.1, -0.05) is 27.5 Å². The Morgan fingerprint density at radius 2 is 1.89 bits per heavy atom. The van der Waals surface area contributed by atoms with Gasteiger partial charge in [-0.25, -0.2) is 14.4 Å². The van der Waals surface area contributed by atoms with Gasteiger partial charge in [-0.05, 0) is 30.5 Å². The van der Waals surface area contributed by atoms with Crippen LogP contribution in [0.2, 0.25) is 5.02 Å². The Balaban J connectivity index is 2.44. The smallest absolute Gasteiger partial charge is 0.409 e. The number of carbonyl (C=O) groups is 3. The molecule has 2 rings (SSSR count). The van der Waals surface area contributed by atoms with Gasteiger partial charge in [0.15, 0.2) is 0 Å². The van der Waals surface area contributed by atoms with Gasteiger partial charge in [-0.3, -0.25) is 4.90 Å². The number of carboxylic acids is 2. The van der Waals surface area contributed by atoms with E-state index in [0.717, 1.165) is 0 Å². The zero-order valence-electron chi connectivity index (χ0n) is 14.9. The molecule has 0 spiro atoms. The molecular weight excluding hydrogens is 462 g/mol. The van der Waals surface area contributed by atoms with Gasteiger partial charge < -0.3 is 24.8 Å². The number of ether oxygens (including phenoxy) is 2. The van der Waals surface area contributed by atoms with E-state index in [1.54, 1.807) is 7.11 Å². The summed E-state index contributed by atoms with van der Waals surface area (Å²) in [7, 11) is 1.56. The quantitative estimate of drug-likeness (QED) is 0.381. The van der Waals surface area contributed by atoms with Gasteiger partial charge in [0.25, 0.3) is 0 Å². The number of methoxy groups -OCH3 is 1. The molecule has 1 heterocycles. The number of rotatable bonds is 8. The molecule has 9 nitrogen and oxygen atoms in total. The highest BCUT2D eigenvalue weighted by molar-refractivity contribution is 9.10. The standard InChI is InChI=1S/C17H19BrClNO8/c1-27-5-2-6-28-13-7-9(10(18)8-11(13)19)12-3-4-17(14(21)22,15(23)24)20(12)16(25)26/h7-8,12H,2-6H2,1H3,(H,21,22)(H,23,24)(H,25,26). The number of benzene rings is 1. The molecule has 1 fully saturated rings. The highest BCUT2D eigenvalue weighted by Gasteiger charge is 2.61. The Morgan fingerprint density at radius 1 is 1.25 bits per heavy atom. The topological polar surface area (TPSA) is 134 Å². The molecule has 11 heteroatoms. The van der Waals surface area contributed by atoms with Crippen LogP contribution in [0.3, 0.4) is 0 Å². The second-order valence-corrected chi connectivity index (χ2v) is 7.44. The van der Waals surface area contributed by atoms with E-state index in [9.17, 15) is 29.7 Å². The van der Waals surface area contributed by atoms with Gasteiger partial charge in [0.2, 0.25) is 5.54 Å². The summed E-state index contributed by atoms with van der Waals surface area (Å²) in [5, 5.41) is 28.9. The Kier molecular flexibility index (Phi) is 7.13. The predicted octanol–water partition coefficient (Wildman–Crippen LogP) is 3.24. The minimum absolute atomic E-state index is 0.00818. The van der Waals surface area contributed by atoms with Crippen LogP contribution in [0.25, 0.3) is 0 Å². The predicted molar refractivity (Wildman–Crippen MR) is 101 cm³/mol. The van der Waals surface area contributed by atoms with Gasteiger partial charge in [0.1, 0.15) is 5.75 Å². The van der Waals surface area contributed by atoms with Crippen molar-refractivity contribution >= 4 is 45.6 Å². The summed E-state index contributed by atoms with van der Waals surface area (Å²) in [5.41, 5.74) is -2.19. The monoisotopic (exact) mass is 479 g/mol. The van der Waals surface area contributed by atoms with Crippen molar-refractivity contribution < 1.29 is 39.2 Å². The van der Waals surface area contributed by atoms with Crippen LogP contribution in [-0.2, 0) is 14.3 Å². The first-order valence-electron chi connectivity index (χ1n) is 8.26. The van der Waals surface area contributed by atoms with Crippen molar-refractivity contribution in [1.82, 2.24) is 4.90 Å². The van der Waals surface area contributed by atoms with Crippen LogP contribution < -0.4 is 4.74 Å². The molecule has 1 aromatic carbocycles. The number of aliphatic carboxylic acids is 2. The molecular formula is C17H19BrClNO8. The van der Waals surface area contributed by atoms with Crippen molar-refractivity contribution in [3.63, 3.8) is 0 Å². The second kappa shape index (κ2) is 8.97. The first-order valence-corrected chi connectivity index (χ1v) is 9.43. The maximum atomic E-state index is 11.8. The zero-order valence-corrected chi connectivity index (χ0v) is 17.2. The normalized spacial score (nSPS) is 18.1. The number of likely N-dealkylation sites (tertiary alicyclic amines) is 1. The Labute approximate surface area is 173 Å². The van der Waals surface area contributed by atoms with Crippen molar-refractivity contribution in [2.24, 2.45) is 0 Å². The molecule has 28 heavy (non-hydrogen) atoms. The summed E-state index contributed by atoms with van der Waals surface area (Å²) in [6.07, 6.45) is -1.40. The van der Waals surface area contributed by atoms with Gasteiger partial charge in [-0.2, -0.15) is 0 Å². The van der Waals surface area contributed by atoms with Crippen LogP contribution in [0.4, 0.5) is 4.79 Å². The Morgan fingerprint density at radius 3 is 2.43 bits per heavy atom. The third-order valence-electron chi connectivity index (χ3n) is 4.58. The molecule has 0 saturated carbocycles. The summed E-state index contributed by atoms with van der Waals surface area (Å²) in [5.74, 6) is -3.18. The molecule has 0 radical (unpaired) electrons. The maximum absolute atomic E-state index is 11.8. The first-order chi connectivity index (χ1) is 13.2. The van der Waals surface area contributed by atoms with E-state index >= 15 is 0 Å². The summed E-state index contributed by atoms with van der Waals surface area (Å²) >= 11 is 9.47. The highest BCUT2D eigenvalue weighted by Crippen LogP contribution is 2.47. The van der Waals surface area contributed by atoms with Gasteiger partial charge in [0.05, 0.1) is 17.7 Å². The Bertz CT molecular complexity index is 773. The van der Waals surface area contributed by atoms with Crippen LogP contribution in [0.15, 0.2) is 16.6 Å². The minimum atomic E-state index is -2.56. The lowest BCUT2D eigenvalue weighted by Crippen LogP contribution is -2.58. The lowest BCUT2D eigenvalue weighted by Gasteiger charge is -2.33. The fourth-order valence-electron chi connectivity index (χ4n) is 3.26. The van der Waals surface area contributed by atoms with Crippen LogP contribution in [0.1, 0.15) is 30.9 Å². The number of halogens is 2. The van der Waals surface area contributed by atoms with Crippen molar-refractivity contribution in [1.29, 1.82) is 0 Å². The average Bonchev–Trinajstić information content (AvgIpc) is 3.02. The number of carboxylic acid groups (broad SMARTS) is 3. The van der Waals surface area contributed by atoms with Crippen LogP contribution in [0, 0.1) is 0 Å². The largest absolute Gasteiger partial charge is 0.492 e. The molecule has 154 valence electrons. The summed E-state index contributed by atoms with van der Waals surface area (Å²) < 4.78 is 11.0. The third-order valence-corrected chi connectivity index (χ3v) is 5.56. The van der Waals surface area contributed by atoms with Crippen molar-refractivity contribution in [3.8, 4) is 5.75 Å². The molecule has 1 saturated heterocycles. The summed E-state index contributed by atoms with van der Waals surface area (Å²) in [6.45, 7) is 0.784. The number of amides is 1. The molecule has 0 aromatic heterocycles. The lowest BCUT2D eigenvalue weighted by atomic mass is 9.97. The van der Waals surface area contributed by atoms with Crippen LogP contribution >= 0.6 is 27.5 Å². The van der Waals surface area contributed by atoms with E-state index in [2.05, 4.69) is 15.9 Å². The summed E-state index contributed by atoms with van der Waals surface area (Å²) in [4.78, 5) is 35.7. The molecule has 1 aromatic rings. The van der Waals surface area contributed by atoms with Gasteiger partial charge in [-0.15, -0.1) is 0 Å². The van der Waals surface area contributed by atoms with Gasteiger partial charge in [0, 0.05) is 24.6 Å². The van der Waals surface area contributed by atoms with E-state index in [-0.39, 0.29) is 23.6 Å². The fraction of sp³-hybridized carbons (Fsp3) is 0.471. The maximum Gasteiger partial charge on any atom is 0.409 e. The van der Waals surface area contributed by atoms with E-state index in [1.165, 1.54) is 12.1 Å². The zero-order chi connectivity index (χ0) is 21.1. The van der Waals surface area contributed by atoms with E-state index in [0.29, 0.717) is 34.6 Å². The average molecular weight is 481 g/mol. The fourth-order valence-corrected chi connectivity index (χ4v) is 4.22. The minimum Gasteiger partial charge on any atom is -0.492 e. The molecule has 1 aliphatic heterocycles. The highest BCUT2D eigenvalue weighted by atomic mass is 79.9. The van der Waals surface area contributed by atoms with Crippen molar-refractivity contribution in [2.45, 2.75) is 30.8 Å². The summed E-state index contributed by atoms with van der Waals surface area (Å²) in [6, 6.07) is 2.00. The SMILES string of the molecule is COCCCOc1cc(C2CCC(C(=O)O)(C(=O)O)N2C(=O)O)c(Br)cc1Cl. The van der Waals surface area contributed by atoms with Crippen LogP contribution in [0.5, 0.6) is 5.75 Å². The molecule has 1 atom stereocenters. The van der Waals surface area contributed by atoms with E-state index in [1.807, 2.05) is 0 Å². The lowest BCUT2D eigenvalue weighted by molar-refractivity contribution is -0.165. The molecule has 3 N–H and O–H groups in total. The van der Waals surface area contributed by atoms with E-state index in [4.69, 9.17) is 21.1 Å². The molecule has 1 amide bonds. The number of nitrogens with zero attached hydrogens (tertiary/aromatic N) is 1. The third kappa shape index (κ3) is 4.03. The number of hydrogen-bond donors (Lipinski definition) is 3. The van der Waals surface area contributed by atoms with Gasteiger partial charge >= 0.3 is 18.0 Å². The molecule has 1 unspecified atom stereocenters. The molecule has 0 bridgehead atoms. The molecule has 1 aliphatic rings. The second-order valence-electron chi connectivity index (χ2n) is 6.18. The molecule has 0 aliphatic carbocycles. The first kappa shape index (κ1) is 22.3. The van der Waals surface area contributed by atoms with E-state index < -0.39 is 29.6 Å².